The first-order valence-corrected chi connectivity index (χ1v) is 7.93. The normalized spacial score (nSPS) is 10.4. The molecule has 2 aromatic rings. The van der Waals surface area contributed by atoms with E-state index in [-0.39, 0.29) is 18.1 Å². The van der Waals surface area contributed by atoms with Crippen LogP contribution in [0.2, 0.25) is 0 Å². The van der Waals surface area contributed by atoms with E-state index in [1.165, 1.54) is 24.8 Å². The highest BCUT2D eigenvalue weighted by atomic mass is 32.2. The van der Waals surface area contributed by atoms with Gasteiger partial charge in [0.2, 0.25) is 5.91 Å². The van der Waals surface area contributed by atoms with Gasteiger partial charge in [-0.15, -0.1) is 11.8 Å². The maximum absolute atomic E-state index is 13.1. The molecular weight excluding hydrogens is 320 g/mol. The first-order chi connectivity index (χ1) is 11.0. The minimum Gasteiger partial charge on any atom is -0.326 e. The van der Waals surface area contributed by atoms with Crippen LogP contribution in [0.15, 0.2) is 47.4 Å². The van der Waals surface area contributed by atoms with Crippen LogP contribution in [-0.2, 0) is 4.79 Å². The van der Waals surface area contributed by atoms with Crippen molar-refractivity contribution in [1.82, 2.24) is 0 Å². The molecule has 120 valence electrons. The van der Waals surface area contributed by atoms with Crippen molar-refractivity contribution in [3.63, 3.8) is 0 Å². The Bertz CT molecular complexity index is 734. The highest BCUT2D eigenvalue weighted by Gasteiger charge is 2.07. The Morgan fingerprint density at radius 1 is 1.09 bits per heavy atom. The van der Waals surface area contributed by atoms with Crippen molar-refractivity contribution < 1.29 is 18.4 Å². The number of amides is 1. The number of rotatable bonds is 6. The molecular formula is C17H15F2NO2S. The Morgan fingerprint density at radius 3 is 2.57 bits per heavy atom. The van der Waals surface area contributed by atoms with Gasteiger partial charge in [-0.3, -0.25) is 9.59 Å². The van der Waals surface area contributed by atoms with Crippen molar-refractivity contribution in [2.45, 2.75) is 18.2 Å². The van der Waals surface area contributed by atoms with Gasteiger partial charge >= 0.3 is 0 Å². The zero-order chi connectivity index (χ0) is 16.8. The van der Waals surface area contributed by atoms with E-state index in [0.29, 0.717) is 21.9 Å². The van der Waals surface area contributed by atoms with Crippen LogP contribution < -0.4 is 5.32 Å². The molecule has 0 aliphatic heterocycles. The third kappa shape index (κ3) is 5.17. The number of hydrogen-bond donors (Lipinski definition) is 1. The number of carbonyl (C=O) groups excluding carboxylic acids is 2. The van der Waals surface area contributed by atoms with E-state index < -0.39 is 11.6 Å². The molecule has 0 bridgehead atoms. The van der Waals surface area contributed by atoms with Gasteiger partial charge in [-0.25, -0.2) is 8.78 Å². The average molecular weight is 335 g/mol. The second-order valence-electron chi connectivity index (χ2n) is 4.86. The van der Waals surface area contributed by atoms with Gasteiger partial charge in [0, 0.05) is 28.3 Å². The summed E-state index contributed by atoms with van der Waals surface area (Å²) in [6.45, 7) is 1.46. The molecule has 0 spiro atoms. The smallest absolute Gasteiger partial charge is 0.225 e. The Balaban J connectivity index is 1.84. The maximum atomic E-state index is 13.1. The Morgan fingerprint density at radius 2 is 1.87 bits per heavy atom. The molecule has 0 aliphatic rings. The summed E-state index contributed by atoms with van der Waals surface area (Å²) in [5.74, 6) is -1.64. The third-order valence-corrected chi connectivity index (χ3v) is 4.04. The van der Waals surface area contributed by atoms with E-state index in [0.717, 1.165) is 12.1 Å². The molecule has 3 nitrogen and oxygen atoms in total. The van der Waals surface area contributed by atoms with Crippen molar-refractivity contribution in [1.29, 1.82) is 0 Å². The number of benzene rings is 2. The number of Topliss-reactive ketones (excluding diaryl/α,β-unsaturated/α-hetero) is 1. The molecule has 0 unspecified atom stereocenters. The van der Waals surface area contributed by atoms with Crippen LogP contribution in [0.4, 0.5) is 14.5 Å². The number of ketones is 1. The standard InChI is InChI=1S/C17H15F2NO2S/c1-11(21)12-3-2-4-13(9-12)20-17(22)7-8-23-14-5-6-15(18)16(19)10-14/h2-6,9-10H,7-8H2,1H3,(H,20,22). The van der Waals surface area contributed by atoms with Gasteiger partial charge in [0.25, 0.3) is 0 Å². The molecule has 6 heteroatoms. The third-order valence-electron chi connectivity index (χ3n) is 3.04. The van der Waals surface area contributed by atoms with E-state index >= 15 is 0 Å². The fourth-order valence-corrected chi connectivity index (χ4v) is 2.74. The summed E-state index contributed by atoms with van der Waals surface area (Å²) in [5, 5.41) is 2.71. The summed E-state index contributed by atoms with van der Waals surface area (Å²) in [7, 11) is 0. The molecule has 1 N–H and O–H groups in total. The molecule has 0 heterocycles. The monoisotopic (exact) mass is 335 g/mol. The predicted octanol–water partition coefficient (Wildman–Crippen LogP) is 4.29. The van der Waals surface area contributed by atoms with Crippen LogP contribution in [0.25, 0.3) is 0 Å². The molecule has 0 radical (unpaired) electrons. The Kier molecular flexibility index (Phi) is 5.87. The lowest BCUT2D eigenvalue weighted by molar-refractivity contribution is -0.115. The van der Waals surface area contributed by atoms with Crippen LogP contribution in [0.1, 0.15) is 23.7 Å². The fraction of sp³-hybridized carbons (Fsp3) is 0.176. The number of thioether (sulfide) groups is 1. The number of carbonyl (C=O) groups is 2. The van der Waals surface area contributed by atoms with Crippen molar-refractivity contribution in [2.75, 3.05) is 11.1 Å². The van der Waals surface area contributed by atoms with Crippen molar-refractivity contribution in [3.05, 3.63) is 59.7 Å². The van der Waals surface area contributed by atoms with Crippen molar-refractivity contribution in [3.8, 4) is 0 Å². The summed E-state index contributed by atoms with van der Waals surface area (Å²) in [5.41, 5.74) is 1.08. The zero-order valence-corrected chi connectivity index (χ0v) is 13.3. The Hall–Kier alpha value is -2.21. The van der Waals surface area contributed by atoms with Crippen LogP contribution in [0, 0.1) is 11.6 Å². The van der Waals surface area contributed by atoms with Crippen molar-refractivity contribution >= 4 is 29.1 Å². The summed E-state index contributed by atoms with van der Waals surface area (Å²) in [4.78, 5) is 23.7. The zero-order valence-electron chi connectivity index (χ0n) is 12.4. The fourth-order valence-electron chi connectivity index (χ4n) is 1.87. The second kappa shape index (κ2) is 7.87. The lowest BCUT2D eigenvalue weighted by atomic mass is 10.1. The lowest BCUT2D eigenvalue weighted by Crippen LogP contribution is -2.12. The van der Waals surface area contributed by atoms with Crippen LogP contribution in [0.5, 0.6) is 0 Å². The molecule has 0 saturated carbocycles. The highest BCUT2D eigenvalue weighted by Crippen LogP contribution is 2.21. The number of nitrogens with one attached hydrogen (secondary N) is 1. The first kappa shape index (κ1) is 17.1. The summed E-state index contributed by atoms with van der Waals surface area (Å²) in [6, 6.07) is 10.3. The first-order valence-electron chi connectivity index (χ1n) is 6.94. The topological polar surface area (TPSA) is 46.2 Å². The van der Waals surface area contributed by atoms with Gasteiger partial charge in [0.1, 0.15) is 0 Å². The van der Waals surface area contributed by atoms with Crippen LogP contribution in [0.3, 0.4) is 0 Å². The van der Waals surface area contributed by atoms with Gasteiger partial charge in [-0.2, -0.15) is 0 Å². The van der Waals surface area contributed by atoms with Gasteiger partial charge in [0.05, 0.1) is 0 Å². The molecule has 23 heavy (non-hydrogen) atoms. The van der Waals surface area contributed by atoms with Gasteiger partial charge in [-0.1, -0.05) is 12.1 Å². The SMILES string of the molecule is CC(=O)c1cccc(NC(=O)CCSc2ccc(F)c(F)c2)c1. The minimum absolute atomic E-state index is 0.0741. The average Bonchev–Trinajstić information content (AvgIpc) is 2.51. The highest BCUT2D eigenvalue weighted by molar-refractivity contribution is 7.99. The van der Waals surface area contributed by atoms with Crippen molar-refractivity contribution in [2.24, 2.45) is 0 Å². The predicted molar refractivity (Wildman–Crippen MR) is 86.8 cm³/mol. The molecule has 2 rings (SSSR count). The number of anilines is 1. The summed E-state index contributed by atoms with van der Waals surface area (Å²) < 4.78 is 25.9. The molecule has 1 amide bonds. The van der Waals surface area contributed by atoms with E-state index in [2.05, 4.69) is 5.32 Å². The maximum Gasteiger partial charge on any atom is 0.225 e. The van der Waals surface area contributed by atoms with E-state index in [1.807, 2.05) is 0 Å². The minimum atomic E-state index is -0.902. The van der Waals surface area contributed by atoms with Gasteiger partial charge in [-0.05, 0) is 37.3 Å². The van der Waals surface area contributed by atoms with E-state index in [9.17, 15) is 18.4 Å². The van der Waals surface area contributed by atoms with Gasteiger partial charge in [0.15, 0.2) is 17.4 Å². The lowest BCUT2D eigenvalue weighted by Gasteiger charge is -2.06. The summed E-state index contributed by atoms with van der Waals surface area (Å²) >= 11 is 1.27. The largest absolute Gasteiger partial charge is 0.326 e. The van der Waals surface area contributed by atoms with Gasteiger partial charge < -0.3 is 5.32 Å². The molecule has 2 aromatic carbocycles. The summed E-state index contributed by atoms with van der Waals surface area (Å²) in [6.07, 6.45) is 0.216. The van der Waals surface area contributed by atoms with Crippen LogP contribution >= 0.6 is 11.8 Å². The molecule has 0 fully saturated rings. The second-order valence-corrected chi connectivity index (χ2v) is 6.03. The molecule has 0 atom stereocenters. The van der Waals surface area contributed by atoms with Crippen LogP contribution in [-0.4, -0.2) is 17.4 Å². The Labute approximate surface area is 137 Å². The molecule has 0 aliphatic carbocycles. The number of hydrogen-bond acceptors (Lipinski definition) is 3. The number of halogens is 2. The van der Waals surface area contributed by atoms with E-state index in [4.69, 9.17) is 0 Å². The molecule has 0 saturated heterocycles. The van der Waals surface area contributed by atoms with E-state index in [1.54, 1.807) is 24.3 Å². The molecule has 0 aromatic heterocycles. The quantitative estimate of drug-likeness (QED) is 0.633.